The van der Waals surface area contributed by atoms with Gasteiger partial charge in [0, 0.05) is 28.2 Å². The largest absolute Gasteiger partial charge is 0.673 e. The Morgan fingerprint density at radius 2 is 1.36 bits per heavy atom. The Kier molecular flexibility index (Phi) is 6.61. The molecule has 22 heavy (non-hydrogen) atoms. The molecule has 0 bridgehead atoms. The van der Waals surface area contributed by atoms with Crippen molar-refractivity contribution in [1.82, 2.24) is 0 Å². The number of ketones is 1. The van der Waals surface area contributed by atoms with Gasteiger partial charge in [-0.2, -0.15) is 0 Å². The fraction of sp³-hybridized carbons (Fsp3) is 0.143. The van der Waals surface area contributed by atoms with Gasteiger partial charge in [-0.15, -0.1) is 11.8 Å². The number of halogens is 4. The number of hydrogen-bond donors (Lipinski definition) is 0. The van der Waals surface area contributed by atoms with Crippen LogP contribution in [0.15, 0.2) is 53.7 Å². The molecule has 0 fully saturated rings. The Hall–Kier alpha value is -1.83. The van der Waals surface area contributed by atoms with Gasteiger partial charge in [-0.25, -0.2) is 4.57 Å². The van der Waals surface area contributed by atoms with Crippen LogP contribution in [0.3, 0.4) is 0 Å². The number of thioether (sulfide) groups is 1. The first-order valence-corrected chi connectivity index (χ1v) is 7.44. The molecule has 1 aromatic heterocycles. The topological polar surface area (TPSA) is 20.9 Å². The molecular weight excluding hydrogens is 317 g/mol. The standard InChI is InChI=1S/C14H14NOS.BF4/c1-15-9-7-12(8-10-15)14(16)11-3-5-13(17-2)6-4-11;2-1(3,4)5/h3-10H,1-2H3;/q+1;-1. The fourth-order valence-corrected chi connectivity index (χ4v) is 1.97. The highest BCUT2D eigenvalue weighted by Gasteiger charge is 2.20. The summed E-state index contributed by atoms with van der Waals surface area (Å²) >= 11 is 1.67. The van der Waals surface area contributed by atoms with Crippen LogP contribution >= 0.6 is 11.8 Å². The number of carbonyl (C=O) groups is 1. The van der Waals surface area contributed by atoms with Gasteiger partial charge in [0.2, 0.25) is 0 Å². The maximum absolute atomic E-state index is 12.1. The second kappa shape index (κ2) is 7.98. The zero-order valence-electron chi connectivity index (χ0n) is 12.0. The van der Waals surface area contributed by atoms with Crippen molar-refractivity contribution >= 4 is 24.8 Å². The Morgan fingerprint density at radius 3 is 1.77 bits per heavy atom. The van der Waals surface area contributed by atoms with Crippen molar-refractivity contribution in [2.75, 3.05) is 6.26 Å². The van der Waals surface area contributed by atoms with Gasteiger partial charge in [0.25, 0.3) is 0 Å². The van der Waals surface area contributed by atoms with Gasteiger partial charge in [0.05, 0.1) is 0 Å². The summed E-state index contributed by atoms with van der Waals surface area (Å²) in [6, 6.07) is 11.4. The minimum Gasteiger partial charge on any atom is -0.418 e. The van der Waals surface area contributed by atoms with Crippen molar-refractivity contribution in [3.05, 3.63) is 59.9 Å². The second-order valence-corrected chi connectivity index (χ2v) is 5.18. The van der Waals surface area contributed by atoms with E-state index in [-0.39, 0.29) is 5.78 Å². The first-order chi connectivity index (χ1) is 10.2. The van der Waals surface area contributed by atoms with E-state index in [0.29, 0.717) is 0 Å². The molecule has 0 atom stereocenters. The molecule has 0 aliphatic carbocycles. The molecule has 1 heterocycles. The van der Waals surface area contributed by atoms with E-state index in [1.165, 1.54) is 4.90 Å². The maximum Gasteiger partial charge on any atom is 0.673 e. The Bertz CT molecular complexity index is 608. The molecule has 0 unspecified atom stereocenters. The molecule has 0 aliphatic rings. The van der Waals surface area contributed by atoms with E-state index < -0.39 is 7.25 Å². The highest BCUT2D eigenvalue weighted by Crippen LogP contribution is 2.16. The zero-order chi connectivity index (χ0) is 16.8. The Morgan fingerprint density at radius 1 is 0.955 bits per heavy atom. The van der Waals surface area contributed by atoms with Gasteiger partial charge in [0.15, 0.2) is 18.2 Å². The van der Waals surface area contributed by atoms with Crippen LogP contribution in [0, 0.1) is 0 Å². The van der Waals surface area contributed by atoms with E-state index in [2.05, 4.69) is 0 Å². The molecule has 0 aliphatic heterocycles. The van der Waals surface area contributed by atoms with Crippen LogP contribution in [0.25, 0.3) is 0 Å². The quantitative estimate of drug-likeness (QED) is 0.281. The van der Waals surface area contributed by atoms with E-state index in [1.807, 2.05) is 66.7 Å². The molecular formula is C14H14BF4NOS. The molecule has 2 nitrogen and oxygen atoms in total. The summed E-state index contributed by atoms with van der Waals surface area (Å²) in [5.41, 5.74) is 1.46. The van der Waals surface area contributed by atoms with Crippen molar-refractivity contribution in [3.63, 3.8) is 0 Å². The van der Waals surface area contributed by atoms with Crippen LogP contribution in [-0.2, 0) is 7.05 Å². The first kappa shape index (κ1) is 18.2. The Labute approximate surface area is 130 Å². The third kappa shape index (κ3) is 6.75. The second-order valence-electron chi connectivity index (χ2n) is 4.30. The highest BCUT2D eigenvalue weighted by molar-refractivity contribution is 7.98. The normalized spacial score (nSPS) is 10.6. The predicted molar refractivity (Wildman–Crippen MR) is 79.5 cm³/mol. The summed E-state index contributed by atoms with van der Waals surface area (Å²) in [6.07, 6.45) is 5.78. The molecule has 1 aromatic carbocycles. The highest BCUT2D eigenvalue weighted by atomic mass is 32.2. The molecule has 0 spiro atoms. The van der Waals surface area contributed by atoms with Crippen molar-refractivity contribution < 1.29 is 26.6 Å². The number of hydrogen-bond acceptors (Lipinski definition) is 2. The van der Waals surface area contributed by atoms with Gasteiger partial charge in [-0.1, -0.05) is 0 Å². The molecule has 2 rings (SSSR count). The summed E-state index contributed by atoms with van der Waals surface area (Å²) < 4.78 is 40.9. The molecule has 118 valence electrons. The van der Waals surface area contributed by atoms with Crippen molar-refractivity contribution in [2.45, 2.75) is 4.90 Å². The van der Waals surface area contributed by atoms with Crippen LogP contribution in [0.4, 0.5) is 17.3 Å². The molecule has 0 N–H and O–H groups in total. The van der Waals surface area contributed by atoms with Gasteiger partial charge in [0.1, 0.15) is 7.05 Å². The van der Waals surface area contributed by atoms with E-state index in [1.54, 1.807) is 11.8 Å². The lowest BCUT2D eigenvalue weighted by molar-refractivity contribution is -0.671. The van der Waals surface area contributed by atoms with Crippen LogP contribution in [-0.4, -0.2) is 19.3 Å². The lowest BCUT2D eigenvalue weighted by Crippen LogP contribution is -2.26. The molecule has 2 aromatic rings. The zero-order valence-corrected chi connectivity index (χ0v) is 12.8. The fourth-order valence-electron chi connectivity index (χ4n) is 1.56. The lowest BCUT2D eigenvalue weighted by Gasteiger charge is -2.01. The van der Waals surface area contributed by atoms with Crippen LogP contribution in [0.1, 0.15) is 15.9 Å². The van der Waals surface area contributed by atoms with Gasteiger partial charge in [-0.3, -0.25) is 4.79 Å². The predicted octanol–water partition coefficient (Wildman–Crippen LogP) is 3.76. The summed E-state index contributed by atoms with van der Waals surface area (Å²) in [7, 11) is -4.07. The van der Waals surface area contributed by atoms with E-state index >= 15 is 0 Å². The molecule has 0 radical (unpaired) electrons. The van der Waals surface area contributed by atoms with Crippen LogP contribution in [0.2, 0.25) is 0 Å². The number of carbonyl (C=O) groups excluding carboxylic acids is 1. The average molecular weight is 331 g/mol. The number of pyridine rings is 1. The summed E-state index contributed by atoms with van der Waals surface area (Å²) in [4.78, 5) is 13.3. The monoisotopic (exact) mass is 331 g/mol. The van der Waals surface area contributed by atoms with Gasteiger partial charge in [-0.05, 0) is 30.5 Å². The summed E-state index contributed by atoms with van der Waals surface area (Å²) in [6.45, 7) is 0. The minimum absolute atomic E-state index is 0.0678. The molecule has 0 saturated carbocycles. The van der Waals surface area contributed by atoms with Crippen LogP contribution < -0.4 is 4.57 Å². The first-order valence-electron chi connectivity index (χ1n) is 6.22. The van der Waals surface area contributed by atoms with Crippen LogP contribution in [0.5, 0.6) is 0 Å². The SMILES string of the molecule is CSc1ccc(C(=O)c2cc[n+](C)cc2)cc1.F[B-](F)(F)F. The van der Waals surface area contributed by atoms with E-state index in [4.69, 9.17) is 0 Å². The summed E-state index contributed by atoms with van der Waals surface area (Å²) in [5.74, 6) is 0.0678. The minimum atomic E-state index is -6.00. The number of benzene rings is 1. The van der Waals surface area contributed by atoms with E-state index in [9.17, 15) is 22.1 Å². The number of nitrogens with zero attached hydrogens (tertiary/aromatic N) is 1. The third-order valence-corrected chi connectivity index (χ3v) is 3.34. The molecule has 0 saturated heterocycles. The summed E-state index contributed by atoms with van der Waals surface area (Å²) in [5, 5.41) is 0. The number of rotatable bonds is 3. The van der Waals surface area contributed by atoms with Crippen molar-refractivity contribution in [3.8, 4) is 0 Å². The maximum atomic E-state index is 12.1. The smallest absolute Gasteiger partial charge is 0.418 e. The van der Waals surface area contributed by atoms with Crippen molar-refractivity contribution in [1.29, 1.82) is 0 Å². The average Bonchev–Trinajstić information content (AvgIpc) is 2.46. The number of aromatic nitrogens is 1. The van der Waals surface area contributed by atoms with Crippen molar-refractivity contribution in [2.24, 2.45) is 7.05 Å². The molecule has 0 amide bonds. The van der Waals surface area contributed by atoms with Gasteiger partial charge < -0.3 is 17.3 Å². The van der Waals surface area contributed by atoms with E-state index in [0.717, 1.165) is 11.1 Å². The lowest BCUT2D eigenvalue weighted by atomic mass is 10.0. The number of aryl methyl sites for hydroxylation is 1. The third-order valence-electron chi connectivity index (χ3n) is 2.59. The Balaban J connectivity index is 0.000000422. The molecule has 8 heteroatoms. The van der Waals surface area contributed by atoms with Gasteiger partial charge >= 0.3 is 7.25 Å².